The first-order valence-electron chi connectivity index (χ1n) is 12.8. The van der Waals surface area contributed by atoms with Gasteiger partial charge in [-0.25, -0.2) is 17.5 Å². The number of methoxy groups -OCH3 is 1. The summed E-state index contributed by atoms with van der Waals surface area (Å²) in [6.45, 7) is 11.6. The molecule has 1 aromatic heterocycles. The molecule has 0 aliphatic carbocycles. The molecule has 0 saturated heterocycles. The normalized spacial score (nSPS) is 12.8. The van der Waals surface area contributed by atoms with E-state index in [0.29, 0.717) is 40.8 Å². The van der Waals surface area contributed by atoms with Crippen LogP contribution in [0.1, 0.15) is 40.5 Å². The molecule has 0 bridgehead atoms. The third kappa shape index (κ3) is 6.78. The average Bonchev–Trinajstić information content (AvgIpc) is 3.23. The number of aliphatic hydroxyl groups excluding tert-OH is 1. The molecule has 0 spiro atoms. The van der Waals surface area contributed by atoms with Crippen molar-refractivity contribution in [2.24, 2.45) is 0 Å². The zero-order valence-corrected chi connectivity index (χ0v) is 25.5. The molecular weight excluding hydrogens is 536 g/mol. The Kier molecular flexibility index (Phi) is 9.76. The van der Waals surface area contributed by atoms with Crippen LogP contribution in [0.25, 0.3) is 11.1 Å². The summed E-state index contributed by atoms with van der Waals surface area (Å²) >= 11 is 0. The number of aryl methyl sites for hydroxylation is 2. The standard InChI is InChI=1S/C28H38N2O7SSi/c1-19-20(2)29-37-27(19)30(18-36-21(3)39(5,6)7)38(33,34)26-13-9-8-12-25(26)24-15-14-23(28(32)35-4)17-22(24)11-10-16-31/h8-9,12-15,17,21,31H,10-11,16,18H2,1-7H3. The lowest BCUT2D eigenvalue weighted by molar-refractivity contribution is 0.0600. The summed E-state index contributed by atoms with van der Waals surface area (Å²) < 4.78 is 46.3. The minimum atomic E-state index is -4.20. The molecule has 9 nitrogen and oxygen atoms in total. The van der Waals surface area contributed by atoms with E-state index in [9.17, 15) is 18.3 Å². The van der Waals surface area contributed by atoms with Gasteiger partial charge in [-0.15, -0.1) is 0 Å². The Morgan fingerprint density at radius 2 is 1.82 bits per heavy atom. The van der Waals surface area contributed by atoms with Gasteiger partial charge in [-0.3, -0.25) is 0 Å². The number of ether oxygens (including phenoxy) is 2. The summed E-state index contributed by atoms with van der Waals surface area (Å²) in [6, 6.07) is 11.7. The van der Waals surface area contributed by atoms with Crippen molar-refractivity contribution in [3.05, 3.63) is 64.8 Å². The zero-order chi connectivity index (χ0) is 29.0. The summed E-state index contributed by atoms with van der Waals surface area (Å²) in [6.07, 6.45) is 0.879. The number of anilines is 1. The van der Waals surface area contributed by atoms with Gasteiger partial charge in [0.1, 0.15) is 6.73 Å². The maximum absolute atomic E-state index is 14.4. The van der Waals surface area contributed by atoms with Gasteiger partial charge in [0.15, 0.2) is 0 Å². The minimum Gasteiger partial charge on any atom is -0.465 e. The van der Waals surface area contributed by atoms with Crippen LogP contribution in [0.2, 0.25) is 19.6 Å². The fraction of sp³-hybridized carbons (Fsp3) is 0.429. The largest absolute Gasteiger partial charge is 0.465 e. The van der Waals surface area contributed by atoms with Crippen LogP contribution in [0.4, 0.5) is 5.88 Å². The summed E-state index contributed by atoms with van der Waals surface area (Å²) in [4.78, 5) is 12.2. The predicted octanol–water partition coefficient (Wildman–Crippen LogP) is 5.11. The number of aliphatic hydroxyl groups is 1. The van der Waals surface area contributed by atoms with E-state index in [2.05, 4.69) is 24.8 Å². The highest BCUT2D eigenvalue weighted by Gasteiger charge is 2.34. The molecule has 39 heavy (non-hydrogen) atoms. The summed E-state index contributed by atoms with van der Waals surface area (Å²) in [5.74, 6) is -0.393. The number of hydrogen-bond acceptors (Lipinski definition) is 8. The van der Waals surface area contributed by atoms with Crippen LogP contribution in [0.5, 0.6) is 0 Å². The maximum Gasteiger partial charge on any atom is 0.337 e. The SMILES string of the molecule is COC(=O)c1ccc(-c2ccccc2S(=O)(=O)N(COC(C)[Si](C)(C)C)c2onc(C)c2C)c(CCCO)c1. The third-order valence-corrected chi connectivity index (χ3v) is 11.3. The molecular formula is C28H38N2O7SSi. The second-order valence-electron chi connectivity index (χ2n) is 10.5. The van der Waals surface area contributed by atoms with Crippen LogP contribution in [-0.2, 0) is 25.9 Å². The highest BCUT2D eigenvalue weighted by atomic mass is 32.2. The fourth-order valence-corrected chi connectivity index (χ4v) is 6.02. The van der Waals surface area contributed by atoms with Crippen LogP contribution >= 0.6 is 0 Å². The Bertz CT molecular complexity index is 1410. The van der Waals surface area contributed by atoms with Gasteiger partial charge in [0.2, 0.25) is 5.88 Å². The van der Waals surface area contributed by atoms with Crippen LogP contribution in [0.15, 0.2) is 51.9 Å². The van der Waals surface area contributed by atoms with E-state index in [1.165, 1.54) is 7.11 Å². The molecule has 1 heterocycles. The Labute approximate surface area is 231 Å². The number of carbonyl (C=O) groups excluding carboxylic acids is 1. The molecule has 3 aromatic rings. The number of carbonyl (C=O) groups is 1. The van der Waals surface area contributed by atoms with Crippen molar-refractivity contribution in [3.63, 3.8) is 0 Å². The molecule has 0 aliphatic rings. The number of benzene rings is 2. The van der Waals surface area contributed by atoms with Gasteiger partial charge in [-0.2, -0.15) is 0 Å². The Hall–Kier alpha value is -2.99. The number of aromatic nitrogens is 1. The van der Waals surface area contributed by atoms with Gasteiger partial charge in [-0.05, 0) is 62.9 Å². The number of sulfonamides is 1. The molecule has 0 radical (unpaired) electrons. The minimum absolute atomic E-state index is 0.0493. The van der Waals surface area contributed by atoms with Crippen molar-refractivity contribution >= 4 is 30.0 Å². The lowest BCUT2D eigenvalue weighted by Crippen LogP contribution is -2.42. The summed E-state index contributed by atoms with van der Waals surface area (Å²) in [5.41, 5.74) is 3.23. The van der Waals surface area contributed by atoms with Gasteiger partial charge >= 0.3 is 5.97 Å². The zero-order valence-electron chi connectivity index (χ0n) is 23.6. The molecule has 1 N–H and O–H groups in total. The van der Waals surface area contributed by atoms with Crippen LogP contribution in [-0.4, -0.2) is 58.9 Å². The molecule has 11 heteroatoms. The van der Waals surface area contributed by atoms with Crippen molar-refractivity contribution in [1.82, 2.24) is 5.16 Å². The topological polar surface area (TPSA) is 119 Å². The molecule has 0 fully saturated rings. The maximum atomic E-state index is 14.4. The first-order chi connectivity index (χ1) is 18.3. The quantitative estimate of drug-likeness (QED) is 0.180. The van der Waals surface area contributed by atoms with Crippen molar-refractivity contribution in [1.29, 1.82) is 0 Å². The molecule has 1 unspecified atom stereocenters. The van der Waals surface area contributed by atoms with E-state index in [0.717, 1.165) is 9.87 Å². The van der Waals surface area contributed by atoms with E-state index in [-0.39, 0.29) is 29.8 Å². The van der Waals surface area contributed by atoms with Crippen molar-refractivity contribution in [2.45, 2.75) is 63.9 Å². The molecule has 0 amide bonds. The molecule has 1 atom stereocenters. The van der Waals surface area contributed by atoms with Gasteiger partial charge in [0.05, 0.1) is 31.3 Å². The Morgan fingerprint density at radius 3 is 2.41 bits per heavy atom. The fourth-order valence-electron chi connectivity index (χ4n) is 3.91. The van der Waals surface area contributed by atoms with E-state index >= 15 is 0 Å². The average molecular weight is 575 g/mol. The molecule has 2 aromatic carbocycles. The smallest absolute Gasteiger partial charge is 0.337 e. The third-order valence-electron chi connectivity index (χ3n) is 6.90. The lowest BCUT2D eigenvalue weighted by Gasteiger charge is -2.29. The van der Waals surface area contributed by atoms with Gasteiger partial charge in [0, 0.05) is 23.5 Å². The van der Waals surface area contributed by atoms with E-state index in [4.69, 9.17) is 14.0 Å². The second kappa shape index (κ2) is 12.5. The predicted molar refractivity (Wildman–Crippen MR) is 153 cm³/mol. The lowest BCUT2D eigenvalue weighted by atomic mass is 9.94. The van der Waals surface area contributed by atoms with E-state index < -0.39 is 24.1 Å². The van der Waals surface area contributed by atoms with Crippen molar-refractivity contribution < 1.29 is 32.3 Å². The number of esters is 1. The number of hydrogen-bond donors (Lipinski definition) is 1. The van der Waals surface area contributed by atoms with Crippen molar-refractivity contribution in [2.75, 3.05) is 24.8 Å². The molecule has 212 valence electrons. The molecule has 0 aliphatic heterocycles. The van der Waals surface area contributed by atoms with Gasteiger partial charge < -0.3 is 19.1 Å². The summed E-state index contributed by atoms with van der Waals surface area (Å²) in [7, 11) is -4.62. The molecule has 3 rings (SSSR count). The van der Waals surface area contributed by atoms with E-state index in [1.807, 2.05) is 6.92 Å². The van der Waals surface area contributed by atoms with Crippen LogP contribution in [0, 0.1) is 13.8 Å². The van der Waals surface area contributed by atoms with Gasteiger partial charge in [0.25, 0.3) is 10.0 Å². The highest BCUT2D eigenvalue weighted by Crippen LogP contribution is 2.36. The Balaban J connectivity index is 2.17. The first kappa shape index (κ1) is 30.5. The second-order valence-corrected chi connectivity index (χ2v) is 17.9. The monoisotopic (exact) mass is 574 g/mol. The van der Waals surface area contributed by atoms with Crippen LogP contribution in [0.3, 0.4) is 0 Å². The summed E-state index contributed by atoms with van der Waals surface area (Å²) in [5, 5.41) is 13.5. The number of nitrogens with zero attached hydrogens (tertiary/aromatic N) is 2. The highest BCUT2D eigenvalue weighted by molar-refractivity contribution is 7.93. The van der Waals surface area contributed by atoms with Gasteiger partial charge in [-0.1, -0.05) is 49.1 Å². The number of rotatable bonds is 12. The Morgan fingerprint density at radius 1 is 1.13 bits per heavy atom. The molecule has 0 saturated carbocycles. The van der Waals surface area contributed by atoms with Crippen molar-refractivity contribution in [3.8, 4) is 11.1 Å². The van der Waals surface area contributed by atoms with Crippen LogP contribution < -0.4 is 4.31 Å². The van der Waals surface area contributed by atoms with E-state index in [1.54, 1.807) is 56.3 Å². The first-order valence-corrected chi connectivity index (χ1v) is 17.8.